The van der Waals surface area contributed by atoms with Crippen molar-refractivity contribution < 1.29 is 4.79 Å². The second-order valence-electron chi connectivity index (χ2n) is 4.29. The molecule has 0 radical (unpaired) electrons. The smallest absolute Gasteiger partial charge is 0.146 e. The number of carbonyl (C=O) groups excluding carboxylic acids is 1. The molecule has 1 rings (SSSR count). The molecule has 76 valence electrons. The second kappa shape index (κ2) is 4.75. The first-order valence-electron chi connectivity index (χ1n) is 5.35. The Morgan fingerprint density at radius 2 is 2.23 bits per heavy atom. The standard InChI is InChI=1S/C11H21NO/c1-4-5-10-6-7-12(3)11(8-10)9(2)13/h10-11H,4-8H2,1-3H3. The summed E-state index contributed by atoms with van der Waals surface area (Å²) in [7, 11) is 2.06. The lowest BCUT2D eigenvalue weighted by Gasteiger charge is -2.35. The van der Waals surface area contributed by atoms with Crippen molar-refractivity contribution in [2.45, 2.75) is 45.6 Å². The van der Waals surface area contributed by atoms with Crippen LogP contribution in [0.5, 0.6) is 0 Å². The van der Waals surface area contributed by atoms with Gasteiger partial charge in [-0.2, -0.15) is 0 Å². The molecule has 1 saturated heterocycles. The first-order chi connectivity index (χ1) is 6.15. The highest BCUT2D eigenvalue weighted by Gasteiger charge is 2.28. The number of hydrogen-bond donors (Lipinski definition) is 0. The molecule has 0 amide bonds. The zero-order valence-electron chi connectivity index (χ0n) is 9.05. The van der Waals surface area contributed by atoms with Crippen molar-refractivity contribution in [3.05, 3.63) is 0 Å². The summed E-state index contributed by atoms with van der Waals surface area (Å²) in [6, 6.07) is 0.199. The van der Waals surface area contributed by atoms with Gasteiger partial charge in [-0.25, -0.2) is 0 Å². The Kier molecular flexibility index (Phi) is 3.91. The molecule has 0 N–H and O–H groups in total. The monoisotopic (exact) mass is 183 g/mol. The molecule has 2 unspecified atom stereocenters. The lowest BCUT2D eigenvalue weighted by Crippen LogP contribution is -2.43. The molecule has 1 aliphatic heterocycles. The third kappa shape index (κ3) is 2.80. The molecule has 1 fully saturated rings. The van der Waals surface area contributed by atoms with E-state index in [9.17, 15) is 4.79 Å². The Morgan fingerprint density at radius 1 is 1.54 bits per heavy atom. The number of likely N-dealkylation sites (tertiary alicyclic amines) is 1. The molecular weight excluding hydrogens is 162 g/mol. The maximum Gasteiger partial charge on any atom is 0.146 e. The molecule has 0 spiro atoms. The van der Waals surface area contributed by atoms with Gasteiger partial charge in [0.15, 0.2) is 0 Å². The van der Waals surface area contributed by atoms with E-state index in [1.54, 1.807) is 6.92 Å². The Morgan fingerprint density at radius 3 is 2.77 bits per heavy atom. The molecular formula is C11H21NO. The highest BCUT2D eigenvalue weighted by Crippen LogP contribution is 2.25. The molecule has 2 atom stereocenters. The predicted molar refractivity (Wildman–Crippen MR) is 54.7 cm³/mol. The van der Waals surface area contributed by atoms with Crippen molar-refractivity contribution in [1.29, 1.82) is 0 Å². The van der Waals surface area contributed by atoms with Gasteiger partial charge in [-0.15, -0.1) is 0 Å². The van der Waals surface area contributed by atoms with Gasteiger partial charge in [-0.05, 0) is 39.3 Å². The number of ketones is 1. The largest absolute Gasteiger partial charge is 0.298 e. The summed E-state index contributed by atoms with van der Waals surface area (Å²) in [4.78, 5) is 13.5. The quantitative estimate of drug-likeness (QED) is 0.667. The summed E-state index contributed by atoms with van der Waals surface area (Å²) in [6.45, 7) is 5.03. The highest BCUT2D eigenvalue weighted by molar-refractivity contribution is 5.81. The summed E-state index contributed by atoms with van der Waals surface area (Å²) in [5.74, 6) is 1.12. The minimum Gasteiger partial charge on any atom is -0.298 e. The van der Waals surface area contributed by atoms with Gasteiger partial charge in [0.2, 0.25) is 0 Å². The summed E-state index contributed by atoms with van der Waals surface area (Å²) < 4.78 is 0. The van der Waals surface area contributed by atoms with E-state index in [1.807, 2.05) is 0 Å². The Bertz CT molecular complexity index is 179. The predicted octanol–water partition coefficient (Wildman–Crippen LogP) is 2.09. The van der Waals surface area contributed by atoms with Crippen LogP contribution in [0, 0.1) is 5.92 Å². The molecule has 2 heteroatoms. The second-order valence-corrected chi connectivity index (χ2v) is 4.29. The summed E-state index contributed by atoms with van der Waals surface area (Å²) >= 11 is 0. The first-order valence-corrected chi connectivity index (χ1v) is 5.35. The topological polar surface area (TPSA) is 20.3 Å². The fourth-order valence-electron chi connectivity index (χ4n) is 2.30. The zero-order valence-corrected chi connectivity index (χ0v) is 9.05. The molecule has 0 aliphatic carbocycles. The minimum absolute atomic E-state index is 0.199. The molecule has 0 aromatic rings. The van der Waals surface area contributed by atoms with Crippen molar-refractivity contribution in [2.24, 2.45) is 5.92 Å². The lowest BCUT2D eigenvalue weighted by atomic mass is 9.86. The van der Waals surface area contributed by atoms with E-state index in [0.717, 1.165) is 18.9 Å². The molecule has 0 aromatic carbocycles. The van der Waals surface area contributed by atoms with E-state index >= 15 is 0 Å². The molecule has 1 heterocycles. The maximum absolute atomic E-state index is 11.3. The number of nitrogens with zero attached hydrogens (tertiary/aromatic N) is 1. The number of carbonyl (C=O) groups is 1. The van der Waals surface area contributed by atoms with Gasteiger partial charge < -0.3 is 0 Å². The van der Waals surface area contributed by atoms with Crippen LogP contribution in [0.25, 0.3) is 0 Å². The van der Waals surface area contributed by atoms with Crippen LogP contribution in [0.2, 0.25) is 0 Å². The SMILES string of the molecule is CCCC1CCN(C)C(C(C)=O)C1. The molecule has 0 saturated carbocycles. The van der Waals surface area contributed by atoms with Crippen LogP contribution in [0.1, 0.15) is 39.5 Å². The fraction of sp³-hybridized carbons (Fsp3) is 0.909. The molecule has 13 heavy (non-hydrogen) atoms. The molecule has 0 aromatic heterocycles. The van der Waals surface area contributed by atoms with Gasteiger partial charge in [0.1, 0.15) is 5.78 Å². The number of Topliss-reactive ketones (excluding diaryl/α,β-unsaturated/α-hetero) is 1. The van der Waals surface area contributed by atoms with Crippen LogP contribution in [0.15, 0.2) is 0 Å². The Hall–Kier alpha value is -0.370. The van der Waals surface area contributed by atoms with E-state index in [1.165, 1.54) is 19.3 Å². The van der Waals surface area contributed by atoms with E-state index in [-0.39, 0.29) is 6.04 Å². The van der Waals surface area contributed by atoms with Gasteiger partial charge in [0, 0.05) is 0 Å². The summed E-state index contributed by atoms with van der Waals surface area (Å²) in [5.41, 5.74) is 0. The van der Waals surface area contributed by atoms with Crippen molar-refractivity contribution in [2.75, 3.05) is 13.6 Å². The van der Waals surface area contributed by atoms with Crippen molar-refractivity contribution in [3.8, 4) is 0 Å². The minimum atomic E-state index is 0.199. The van der Waals surface area contributed by atoms with Crippen LogP contribution in [-0.2, 0) is 4.79 Å². The summed E-state index contributed by atoms with van der Waals surface area (Å²) in [5, 5.41) is 0. The van der Waals surface area contributed by atoms with Crippen molar-refractivity contribution in [1.82, 2.24) is 4.90 Å². The van der Waals surface area contributed by atoms with E-state index < -0.39 is 0 Å². The lowest BCUT2D eigenvalue weighted by molar-refractivity contribution is -0.123. The Labute approximate surface area is 81.3 Å². The van der Waals surface area contributed by atoms with E-state index in [0.29, 0.717) is 5.78 Å². The number of rotatable bonds is 3. The van der Waals surface area contributed by atoms with E-state index in [2.05, 4.69) is 18.9 Å². The average molecular weight is 183 g/mol. The number of hydrogen-bond acceptors (Lipinski definition) is 2. The van der Waals surface area contributed by atoms with Crippen LogP contribution in [0.3, 0.4) is 0 Å². The van der Waals surface area contributed by atoms with Crippen LogP contribution in [-0.4, -0.2) is 30.3 Å². The van der Waals surface area contributed by atoms with Crippen LogP contribution < -0.4 is 0 Å². The van der Waals surface area contributed by atoms with Crippen LogP contribution >= 0.6 is 0 Å². The number of piperidine rings is 1. The zero-order chi connectivity index (χ0) is 9.84. The summed E-state index contributed by atoms with van der Waals surface area (Å²) in [6.07, 6.45) is 4.89. The fourth-order valence-corrected chi connectivity index (χ4v) is 2.30. The highest BCUT2D eigenvalue weighted by atomic mass is 16.1. The normalized spacial score (nSPS) is 30.4. The van der Waals surface area contributed by atoms with Gasteiger partial charge in [-0.3, -0.25) is 9.69 Å². The molecule has 2 nitrogen and oxygen atoms in total. The van der Waals surface area contributed by atoms with Gasteiger partial charge in [-0.1, -0.05) is 19.8 Å². The first kappa shape index (κ1) is 10.7. The maximum atomic E-state index is 11.3. The Balaban J connectivity index is 2.47. The molecule has 1 aliphatic rings. The van der Waals surface area contributed by atoms with Gasteiger partial charge >= 0.3 is 0 Å². The molecule has 0 bridgehead atoms. The van der Waals surface area contributed by atoms with Crippen molar-refractivity contribution in [3.63, 3.8) is 0 Å². The van der Waals surface area contributed by atoms with E-state index in [4.69, 9.17) is 0 Å². The third-order valence-corrected chi connectivity index (χ3v) is 3.14. The van der Waals surface area contributed by atoms with Gasteiger partial charge in [0.05, 0.1) is 6.04 Å². The average Bonchev–Trinajstić information content (AvgIpc) is 2.08. The number of likely N-dealkylation sites (N-methyl/N-ethyl adjacent to an activating group) is 1. The van der Waals surface area contributed by atoms with Crippen molar-refractivity contribution >= 4 is 5.78 Å². The third-order valence-electron chi connectivity index (χ3n) is 3.14. The van der Waals surface area contributed by atoms with Gasteiger partial charge in [0.25, 0.3) is 0 Å². The van der Waals surface area contributed by atoms with Crippen LogP contribution in [0.4, 0.5) is 0 Å².